The average molecular weight is 536 g/mol. The van der Waals surface area contributed by atoms with Gasteiger partial charge in [0.1, 0.15) is 5.69 Å². The van der Waals surface area contributed by atoms with E-state index in [0.29, 0.717) is 32.9 Å². The van der Waals surface area contributed by atoms with Crippen LogP contribution in [0, 0.1) is 6.57 Å². The number of halogens is 4. The molecule has 0 bridgehead atoms. The molecule has 0 saturated heterocycles. The Balaban J connectivity index is 1.65. The van der Waals surface area contributed by atoms with Crippen molar-refractivity contribution < 1.29 is 18.3 Å². The van der Waals surface area contributed by atoms with Gasteiger partial charge in [-0.15, -0.1) is 5.10 Å². The minimum absolute atomic E-state index is 0.0858. The van der Waals surface area contributed by atoms with Gasteiger partial charge in [0.2, 0.25) is 0 Å². The largest absolute Gasteiger partial charge is 0.433 e. The Morgan fingerprint density at radius 1 is 1.00 bits per heavy atom. The normalized spacial score (nSPS) is 12.4. The first kappa shape index (κ1) is 25.2. The topological polar surface area (TPSA) is 76.8 Å². The number of aromatic nitrogens is 4. The summed E-state index contributed by atoms with van der Waals surface area (Å²) < 4.78 is 41.1. The predicted molar refractivity (Wildman–Crippen MR) is 135 cm³/mol. The van der Waals surface area contributed by atoms with Crippen molar-refractivity contribution in [1.29, 1.82) is 0 Å². The second-order valence-electron chi connectivity index (χ2n) is 8.42. The molecule has 3 heterocycles. The fraction of sp³-hybridized carbons (Fsp3) is 0.111. The molecule has 0 spiro atoms. The smallest absolute Gasteiger partial charge is 0.322 e. The maximum absolute atomic E-state index is 13.2. The van der Waals surface area contributed by atoms with Gasteiger partial charge in [-0.25, -0.2) is 20.4 Å². The summed E-state index contributed by atoms with van der Waals surface area (Å²) in [6, 6.07) is 17.7. The first-order valence-corrected chi connectivity index (χ1v) is 11.6. The highest BCUT2D eigenvalue weighted by Crippen LogP contribution is 2.36. The zero-order chi connectivity index (χ0) is 27.0. The average Bonchev–Trinajstić information content (AvgIpc) is 3.23. The lowest BCUT2D eigenvalue weighted by Crippen LogP contribution is -2.21. The zero-order valence-corrected chi connectivity index (χ0v) is 20.1. The minimum atomic E-state index is -4.56. The van der Waals surface area contributed by atoms with Crippen molar-refractivity contribution in [3.8, 4) is 22.3 Å². The van der Waals surface area contributed by atoms with Gasteiger partial charge in [-0.2, -0.15) is 13.2 Å². The molecule has 0 radical (unpaired) electrons. The second-order valence-corrected chi connectivity index (χ2v) is 8.86. The van der Waals surface area contributed by atoms with Crippen LogP contribution in [-0.4, -0.2) is 24.3 Å². The van der Waals surface area contributed by atoms with E-state index < -0.39 is 23.8 Å². The van der Waals surface area contributed by atoms with Crippen LogP contribution in [0.4, 0.5) is 13.2 Å². The molecule has 5 aromatic rings. The van der Waals surface area contributed by atoms with Crippen LogP contribution in [0.15, 0.2) is 83.9 Å². The molecular formula is C27H17ClF3N5O2. The van der Waals surface area contributed by atoms with E-state index in [4.69, 9.17) is 18.2 Å². The molecule has 0 aliphatic heterocycles. The van der Waals surface area contributed by atoms with Crippen LogP contribution in [0.1, 0.15) is 23.0 Å². The molecule has 0 aliphatic rings. The third kappa shape index (κ3) is 4.77. The summed E-state index contributed by atoms with van der Waals surface area (Å²) in [6.45, 7) is 6.96. The highest BCUT2D eigenvalue weighted by molar-refractivity contribution is 6.30. The first-order valence-electron chi connectivity index (χ1n) is 11.2. The van der Waals surface area contributed by atoms with Crippen LogP contribution in [0.25, 0.3) is 32.7 Å². The van der Waals surface area contributed by atoms with Crippen LogP contribution in [-0.2, 0) is 12.7 Å². The minimum Gasteiger partial charge on any atom is -0.322 e. The van der Waals surface area contributed by atoms with E-state index in [1.165, 1.54) is 10.5 Å². The Hall–Kier alpha value is -4.46. The molecule has 2 aromatic carbocycles. The van der Waals surface area contributed by atoms with E-state index in [2.05, 4.69) is 14.9 Å². The highest BCUT2D eigenvalue weighted by Gasteiger charge is 2.32. The number of benzene rings is 2. The van der Waals surface area contributed by atoms with Crippen molar-refractivity contribution in [2.24, 2.45) is 0 Å². The lowest BCUT2D eigenvalue weighted by molar-refractivity contribution is -0.141. The Kier molecular flexibility index (Phi) is 6.48. The number of fused-ring (bicyclic) bond motifs is 1. The monoisotopic (exact) mass is 535 g/mol. The number of pyridine rings is 2. The standard InChI is InChI=1S/C27H17ClF3N5O2/c1-32-25(37)19-5-3-18(4-6-19)23-21(17-7-9-20(28)10-8-17)12-13-35-24(23)34-36(26(35)38)15-16-2-11-22(33-14-16)27(29,30)31/h2-14,25,37H,15H2. The van der Waals surface area contributed by atoms with Crippen molar-refractivity contribution in [2.75, 3.05) is 0 Å². The summed E-state index contributed by atoms with van der Waals surface area (Å²) in [7, 11) is 0. The maximum Gasteiger partial charge on any atom is 0.433 e. The van der Waals surface area contributed by atoms with Crippen LogP contribution in [0.5, 0.6) is 0 Å². The second kappa shape index (κ2) is 9.78. The molecule has 38 heavy (non-hydrogen) atoms. The molecule has 0 amide bonds. The van der Waals surface area contributed by atoms with Gasteiger partial charge in [0.25, 0.3) is 0 Å². The van der Waals surface area contributed by atoms with Gasteiger partial charge in [-0.05, 0) is 58.7 Å². The Labute approximate surface area is 218 Å². The lowest BCUT2D eigenvalue weighted by Gasteiger charge is -2.12. The number of rotatable bonds is 5. The van der Waals surface area contributed by atoms with E-state index in [-0.39, 0.29) is 6.54 Å². The summed E-state index contributed by atoms with van der Waals surface area (Å²) in [5.41, 5.74) is 2.46. The van der Waals surface area contributed by atoms with Gasteiger partial charge in [0.15, 0.2) is 5.65 Å². The summed E-state index contributed by atoms with van der Waals surface area (Å²) in [5.74, 6) is 0. The molecule has 5 rings (SSSR count). The quantitative estimate of drug-likeness (QED) is 0.286. The van der Waals surface area contributed by atoms with E-state index >= 15 is 0 Å². The highest BCUT2D eigenvalue weighted by atomic mass is 35.5. The first-order chi connectivity index (χ1) is 18.2. The third-order valence-corrected chi connectivity index (χ3v) is 6.23. The van der Waals surface area contributed by atoms with Crippen LogP contribution in [0.2, 0.25) is 5.02 Å². The molecule has 0 aliphatic carbocycles. The van der Waals surface area contributed by atoms with Crippen LogP contribution in [0.3, 0.4) is 0 Å². The Bertz CT molecular complexity index is 1720. The van der Waals surface area contributed by atoms with Gasteiger partial charge in [0.05, 0.1) is 12.1 Å². The van der Waals surface area contributed by atoms with E-state index in [9.17, 15) is 23.1 Å². The fourth-order valence-electron chi connectivity index (χ4n) is 4.09. The number of hydrogen-bond donors (Lipinski definition) is 1. The van der Waals surface area contributed by atoms with Crippen LogP contribution >= 0.6 is 11.6 Å². The van der Waals surface area contributed by atoms with Gasteiger partial charge in [-0.3, -0.25) is 9.83 Å². The van der Waals surface area contributed by atoms with E-state index in [0.717, 1.165) is 28.1 Å². The van der Waals surface area contributed by atoms with Gasteiger partial charge < -0.3 is 5.11 Å². The molecule has 3 aromatic heterocycles. The zero-order valence-electron chi connectivity index (χ0n) is 19.4. The molecule has 1 N–H and O–H groups in total. The number of nitrogens with zero attached hydrogens (tertiary/aromatic N) is 5. The number of alkyl halides is 3. The van der Waals surface area contributed by atoms with Gasteiger partial charge >= 0.3 is 18.1 Å². The van der Waals surface area contributed by atoms with Crippen molar-refractivity contribution in [1.82, 2.24) is 19.2 Å². The molecule has 0 fully saturated rings. The number of aliphatic hydroxyl groups excluding tert-OH is 1. The maximum atomic E-state index is 13.2. The van der Waals surface area contributed by atoms with Gasteiger partial charge in [0, 0.05) is 23.0 Å². The Morgan fingerprint density at radius 2 is 1.68 bits per heavy atom. The van der Waals surface area contributed by atoms with Crippen molar-refractivity contribution in [2.45, 2.75) is 18.9 Å². The van der Waals surface area contributed by atoms with E-state index in [1.54, 1.807) is 48.7 Å². The Morgan fingerprint density at radius 3 is 2.29 bits per heavy atom. The van der Waals surface area contributed by atoms with Crippen molar-refractivity contribution >= 4 is 17.2 Å². The molecule has 0 saturated carbocycles. The molecule has 7 nitrogen and oxygen atoms in total. The molecule has 1 atom stereocenters. The predicted octanol–water partition coefficient (Wildman–Crippen LogP) is 5.86. The van der Waals surface area contributed by atoms with Gasteiger partial charge in [-0.1, -0.05) is 41.9 Å². The fourth-order valence-corrected chi connectivity index (χ4v) is 4.22. The number of aliphatic hydroxyl groups is 1. The summed E-state index contributed by atoms with van der Waals surface area (Å²) in [6.07, 6.45) is -3.21. The summed E-state index contributed by atoms with van der Waals surface area (Å²) in [5, 5.41) is 14.9. The summed E-state index contributed by atoms with van der Waals surface area (Å²) in [4.78, 5) is 19.8. The third-order valence-electron chi connectivity index (χ3n) is 5.98. The molecule has 11 heteroatoms. The van der Waals surface area contributed by atoms with Crippen LogP contribution < -0.4 is 5.69 Å². The summed E-state index contributed by atoms with van der Waals surface area (Å²) >= 11 is 6.07. The number of hydrogen-bond acceptors (Lipinski definition) is 4. The molecule has 190 valence electrons. The lowest BCUT2D eigenvalue weighted by atomic mass is 9.95. The molecular weight excluding hydrogens is 519 g/mol. The molecule has 1 unspecified atom stereocenters. The SMILES string of the molecule is [C-]#[N+]C(O)c1ccc(-c2c(-c3ccc(Cl)cc3)ccn3c(=O)n(Cc4ccc(C(F)(F)F)nc4)nc23)cc1. The van der Waals surface area contributed by atoms with E-state index in [1.807, 2.05) is 12.1 Å². The van der Waals surface area contributed by atoms with Crippen molar-refractivity contribution in [3.63, 3.8) is 0 Å². The van der Waals surface area contributed by atoms with Crippen molar-refractivity contribution in [3.05, 3.63) is 123 Å².